The van der Waals surface area contributed by atoms with Gasteiger partial charge in [-0.15, -0.1) is 0 Å². The van der Waals surface area contributed by atoms with E-state index >= 15 is 0 Å². The van der Waals surface area contributed by atoms with Crippen molar-refractivity contribution in [3.63, 3.8) is 0 Å². The summed E-state index contributed by atoms with van der Waals surface area (Å²) in [5.74, 6) is -2.13. The van der Waals surface area contributed by atoms with E-state index in [9.17, 15) is 9.59 Å². The first-order valence-electron chi connectivity index (χ1n) is 7.27. The van der Waals surface area contributed by atoms with Crippen molar-refractivity contribution < 1.29 is 40.2 Å². The number of aliphatic hydroxyl groups excluding tert-OH is 4. The van der Waals surface area contributed by atoms with Crippen LogP contribution in [0.5, 0.6) is 0 Å². The van der Waals surface area contributed by atoms with Crippen molar-refractivity contribution in [1.29, 1.82) is 0 Å². The van der Waals surface area contributed by atoms with E-state index in [1.54, 1.807) is 27.7 Å². The third-order valence-corrected chi connectivity index (χ3v) is 1.38. The fourth-order valence-corrected chi connectivity index (χ4v) is 0.755. The highest BCUT2D eigenvalue weighted by molar-refractivity contribution is 5.91. The predicted molar refractivity (Wildman–Crippen MR) is 101 cm³/mol. The summed E-state index contributed by atoms with van der Waals surface area (Å²) in [5.41, 5.74) is 0.167. The van der Waals surface area contributed by atoms with Crippen molar-refractivity contribution in [2.75, 3.05) is 26.4 Å². The summed E-state index contributed by atoms with van der Waals surface area (Å²) in [6.45, 7) is 7.72. The second-order valence-electron chi connectivity index (χ2n) is 3.45. The molecule has 0 radical (unpaired) electrons. The molecule has 10 nitrogen and oxygen atoms in total. The molecule has 0 unspecified atom stereocenters. The Bertz CT molecular complexity index is 345. The van der Waals surface area contributed by atoms with E-state index in [0.29, 0.717) is 0 Å². The van der Waals surface area contributed by atoms with Crippen LogP contribution in [-0.2, 0) is 0 Å². The average molecular weight is 384 g/mol. The summed E-state index contributed by atoms with van der Waals surface area (Å²) < 4.78 is 0. The lowest BCUT2D eigenvalue weighted by Gasteiger charge is -1.94. The van der Waals surface area contributed by atoms with E-state index in [1.807, 2.05) is 0 Å². The van der Waals surface area contributed by atoms with Crippen LogP contribution in [-0.4, -0.2) is 69.0 Å². The minimum atomic E-state index is -1.06. The smallest absolute Gasteiger partial charge is 0.335 e. The van der Waals surface area contributed by atoms with Crippen LogP contribution in [0.4, 0.5) is 0 Å². The fourth-order valence-electron chi connectivity index (χ4n) is 0.755. The number of carbonyl (C=O) groups is 2. The highest BCUT2D eigenvalue weighted by Crippen LogP contribution is 2.03. The highest BCUT2D eigenvalue weighted by Gasteiger charge is 2.04. The Morgan fingerprint density at radius 3 is 0.808 bits per heavy atom. The fraction of sp³-hybridized carbons (Fsp3) is 0.500. The van der Waals surface area contributed by atoms with E-state index in [0.717, 1.165) is 0 Å². The van der Waals surface area contributed by atoms with Crippen LogP contribution < -0.4 is 12.3 Å². The van der Waals surface area contributed by atoms with Gasteiger partial charge in [0.25, 0.3) is 0 Å². The Labute approximate surface area is 154 Å². The van der Waals surface area contributed by atoms with Crippen molar-refractivity contribution >= 4 is 11.9 Å². The van der Waals surface area contributed by atoms with Crippen molar-refractivity contribution in [3.8, 4) is 0 Å². The maximum absolute atomic E-state index is 10.3. The van der Waals surface area contributed by atoms with Crippen LogP contribution in [0.3, 0.4) is 0 Å². The van der Waals surface area contributed by atoms with Gasteiger partial charge in [0.2, 0.25) is 0 Å². The molecule has 12 N–H and O–H groups in total. The molecule has 0 spiro atoms. The predicted octanol–water partition coefficient (Wildman–Crippen LogP) is 1.40. The number of carboxylic acid groups (broad SMARTS) is 2. The van der Waals surface area contributed by atoms with E-state index in [4.69, 9.17) is 30.6 Å². The zero-order valence-electron chi connectivity index (χ0n) is 16.1. The minimum Gasteiger partial charge on any atom is -0.478 e. The molecule has 1 aromatic carbocycles. The first-order chi connectivity index (χ1) is 11.3. The van der Waals surface area contributed by atoms with Crippen LogP contribution in [0.1, 0.15) is 48.4 Å². The van der Waals surface area contributed by atoms with E-state index in [2.05, 4.69) is 0 Å². The first-order valence-corrected chi connectivity index (χ1v) is 7.27. The van der Waals surface area contributed by atoms with Gasteiger partial charge in [-0.2, -0.15) is 0 Å². The Morgan fingerprint density at radius 2 is 0.731 bits per heavy atom. The number of carboxylic acids is 2. The van der Waals surface area contributed by atoms with Crippen molar-refractivity contribution in [2.24, 2.45) is 0 Å². The third kappa shape index (κ3) is 37.9. The molecule has 26 heavy (non-hydrogen) atoms. The second-order valence-corrected chi connectivity index (χ2v) is 3.45. The van der Waals surface area contributed by atoms with Crippen LogP contribution in [0.25, 0.3) is 0 Å². The number of rotatable bonds is 2. The number of aromatic carboxylic acids is 2. The zero-order chi connectivity index (χ0) is 20.0. The van der Waals surface area contributed by atoms with Crippen LogP contribution >= 0.6 is 0 Å². The molecular formula is C16H36N2O8. The largest absolute Gasteiger partial charge is 0.478 e. The van der Waals surface area contributed by atoms with E-state index in [1.165, 1.54) is 24.3 Å². The molecule has 0 saturated carbocycles. The van der Waals surface area contributed by atoms with Gasteiger partial charge in [0.1, 0.15) is 0 Å². The standard InChI is InChI=1S/C8H6O4.4C2H6O.2H3N/c9-7(10)5-1-2-6(4-3-5)8(11)12;4*1-2-3;;/h1-4H,(H,9,10)(H,11,12);4*3H,2H2,1H3;2*1H3. The summed E-state index contributed by atoms with van der Waals surface area (Å²) in [7, 11) is 0. The molecule has 1 aromatic rings. The summed E-state index contributed by atoms with van der Waals surface area (Å²) in [6, 6.07) is 5.02. The van der Waals surface area contributed by atoms with Gasteiger partial charge in [0.15, 0.2) is 0 Å². The van der Waals surface area contributed by atoms with Gasteiger partial charge in [-0.3, -0.25) is 0 Å². The van der Waals surface area contributed by atoms with E-state index < -0.39 is 11.9 Å². The monoisotopic (exact) mass is 384 g/mol. The van der Waals surface area contributed by atoms with Crippen LogP contribution in [0.15, 0.2) is 24.3 Å². The van der Waals surface area contributed by atoms with Crippen LogP contribution in [0, 0.1) is 0 Å². The molecule has 0 fully saturated rings. The number of benzene rings is 1. The van der Waals surface area contributed by atoms with Gasteiger partial charge in [0, 0.05) is 26.4 Å². The Kier molecular flexibility index (Phi) is 51.6. The van der Waals surface area contributed by atoms with Crippen molar-refractivity contribution in [1.82, 2.24) is 12.3 Å². The van der Waals surface area contributed by atoms with Gasteiger partial charge in [-0.1, -0.05) is 0 Å². The number of hydrogen-bond acceptors (Lipinski definition) is 8. The van der Waals surface area contributed by atoms with Gasteiger partial charge in [0.05, 0.1) is 11.1 Å². The topological polar surface area (TPSA) is 226 Å². The lowest BCUT2D eigenvalue weighted by Crippen LogP contribution is -1.99. The first kappa shape index (κ1) is 39.1. The van der Waals surface area contributed by atoms with Crippen LogP contribution in [0.2, 0.25) is 0 Å². The number of hydrogen-bond donors (Lipinski definition) is 8. The summed E-state index contributed by atoms with van der Waals surface area (Å²) in [6.07, 6.45) is 0. The molecular weight excluding hydrogens is 348 g/mol. The van der Waals surface area contributed by atoms with Gasteiger partial charge < -0.3 is 42.9 Å². The van der Waals surface area contributed by atoms with Crippen molar-refractivity contribution in [2.45, 2.75) is 27.7 Å². The maximum Gasteiger partial charge on any atom is 0.335 e. The van der Waals surface area contributed by atoms with Gasteiger partial charge in [-0.25, -0.2) is 9.59 Å². The molecule has 0 bridgehead atoms. The quantitative estimate of drug-likeness (QED) is 0.365. The molecule has 1 rings (SSSR count). The Morgan fingerprint density at radius 1 is 0.615 bits per heavy atom. The second kappa shape index (κ2) is 34.3. The summed E-state index contributed by atoms with van der Waals surface area (Å²) >= 11 is 0. The van der Waals surface area contributed by atoms with Gasteiger partial charge >= 0.3 is 11.9 Å². The molecule has 0 aliphatic heterocycles. The third-order valence-electron chi connectivity index (χ3n) is 1.38. The molecule has 0 saturated heterocycles. The molecule has 0 aliphatic rings. The molecule has 0 aromatic heterocycles. The normalized spacial score (nSPS) is 7.08. The molecule has 0 amide bonds. The Balaban J connectivity index is -0.0000000602. The summed E-state index contributed by atoms with van der Waals surface area (Å²) in [5, 5.41) is 47.2. The zero-order valence-corrected chi connectivity index (χ0v) is 16.1. The average Bonchev–Trinajstić information content (AvgIpc) is 2.50. The molecule has 158 valence electrons. The number of aliphatic hydroxyl groups is 4. The molecule has 0 atom stereocenters. The lowest BCUT2D eigenvalue weighted by atomic mass is 10.1. The molecule has 10 heteroatoms. The maximum atomic E-state index is 10.3. The lowest BCUT2D eigenvalue weighted by molar-refractivity contribution is 0.0681. The van der Waals surface area contributed by atoms with E-state index in [-0.39, 0.29) is 49.9 Å². The molecule has 0 heterocycles. The highest BCUT2D eigenvalue weighted by atomic mass is 16.4. The van der Waals surface area contributed by atoms with Gasteiger partial charge in [-0.05, 0) is 52.0 Å². The Hall–Kier alpha value is -2.08. The SMILES string of the molecule is CCO.CCO.CCO.CCO.N.N.O=C(O)c1ccc(C(=O)O)cc1. The molecule has 0 aliphatic carbocycles. The van der Waals surface area contributed by atoms with Crippen molar-refractivity contribution in [3.05, 3.63) is 35.4 Å². The minimum absolute atomic E-state index is 0. The summed E-state index contributed by atoms with van der Waals surface area (Å²) in [4.78, 5) is 20.7.